The van der Waals surface area contributed by atoms with Crippen molar-refractivity contribution in [3.63, 3.8) is 0 Å². The predicted octanol–water partition coefficient (Wildman–Crippen LogP) is 1.91. The Balaban J connectivity index is 1.89. The van der Waals surface area contributed by atoms with Gasteiger partial charge in [-0.05, 0) is 37.5 Å². The van der Waals surface area contributed by atoms with Gasteiger partial charge in [-0.1, -0.05) is 6.42 Å². The van der Waals surface area contributed by atoms with Crippen molar-refractivity contribution in [2.24, 2.45) is 11.8 Å². The third kappa shape index (κ3) is 3.18. The fourth-order valence-electron chi connectivity index (χ4n) is 2.62. The Morgan fingerprint density at radius 1 is 1.17 bits per heavy atom. The summed E-state index contributed by atoms with van der Waals surface area (Å²) < 4.78 is 27.9. The lowest BCUT2D eigenvalue weighted by Crippen LogP contribution is -2.47. The van der Waals surface area contributed by atoms with Crippen LogP contribution < -0.4 is 0 Å². The molecule has 0 aromatic carbocycles. The Labute approximate surface area is 115 Å². The molecule has 2 fully saturated rings. The van der Waals surface area contributed by atoms with Crippen LogP contribution in [0.2, 0.25) is 0 Å². The molecule has 0 radical (unpaired) electrons. The molecule has 18 heavy (non-hydrogen) atoms. The molecule has 2 aliphatic rings. The Kier molecular flexibility index (Phi) is 4.92. The van der Waals surface area contributed by atoms with Gasteiger partial charge in [0.15, 0.2) is 0 Å². The highest BCUT2D eigenvalue weighted by atomic mass is 35.5. The minimum Gasteiger partial charge on any atom is -0.195 e. The van der Waals surface area contributed by atoms with Crippen molar-refractivity contribution < 1.29 is 8.42 Å². The van der Waals surface area contributed by atoms with E-state index in [0.717, 1.165) is 12.8 Å². The van der Waals surface area contributed by atoms with Gasteiger partial charge in [0, 0.05) is 32.6 Å². The summed E-state index contributed by atoms with van der Waals surface area (Å²) in [6.45, 7) is 1.92. The normalized spacial score (nSPS) is 24.4. The van der Waals surface area contributed by atoms with Crippen LogP contribution in [-0.2, 0) is 10.2 Å². The fourth-order valence-corrected chi connectivity index (χ4v) is 4.40. The van der Waals surface area contributed by atoms with E-state index in [1.54, 1.807) is 11.4 Å². The van der Waals surface area contributed by atoms with Crippen molar-refractivity contribution >= 4 is 21.8 Å². The topological polar surface area (TPSA) is 40.6 Å². The second kappa shape index (κ2) is 6.07. The molecule has 1 aliphatic heterocycles. The second-order valence-corrected chi connectivity index (χ2v) is 7.93. The summed E-state index contributed by atoms with van der Waals surface area (Å²) in [4.78, 5) is 0. The van der Waals surface area contributed by atoms with E-state index < -0.39 is 10.2 Å². The molecule has 106 valence electrons. The zero-order chi connectivity index (χ0) is 13.2. The SMILES string of the molecule is CN(CC1CCC1)S(=O)(=O)N1CCC(CCl)CC1. The molecule has 4 nitrogen and oxygen atoms in total. The summed E-state index contributed by atoms with van der Waals surface area (Å²) >= 11 is 5.82. The molecule has 6 heteroatoms. The quantitative estimate of drug-likeness (QED) is 0.727. The van der Waals surface area contributed by atoms with Gasteiger partial charge < -0.3 is 0 Å². The number of piperidine rings is 1. The van der Waals surface area contributed by atoms with Gasteiger partial charge in [-0.15, -0.1) is 11.6 Å². The van der Waals surface area contributed by atoms with Crippen molar-refractivity contribution in [3.8, 4) is 0 Å². The summed E-state index contributed by atoms with van der Waals surface area (Å²) in [6.07, 6.45) is 5.38. The molecule has 0 spiro atoms. The highest BCUT2D eigenvalue weighted by Gasteiger charge is 2.32. The zero-order valence-electron chi connectivity index (χ0n) is 11.0. The molecule has 2 rings (SSSR count). The third-order valence-corrected chi connectivity index (χ3v) is 6.64. The van der Waals surface area contributed by atoms with E-state index >= 15 is 0 Å². The number of rotatable bonds is 5. The summed E-state index contributed by atoms with van der Waals surface area (Å²) in [5.41, 5.74) is 0. The van der Waals surface area contributed by atoms with E-state index in [0.29, 0.717) is 37.4 Å². The molecule has 0 N–H and O–H groups in total. The van der Waals surface area contributed by atoms with Crippen LogP contribution in [0, 0.1) is 11.8 Å². The smallest absolute Gasteiger partial charge is 0.195 e. The second-order valence-electron chi connectivity index (χ2n) is 5.58. The molecule has 0 amide bonds. The first-order chi connectivity index (χ1) is 8.54. The number of halogens is 1. The Morgan fingerprint density at radius 3 is 2.22 bits per heavy atom. The molecule has 0 atom stereocenters. The van der Waals surface area contributed by atoms with Crippen molar-refractivity contribution in [3.05, 3.63) is 0 Å². The van der Waals surface area contributed by atoms with Gasteiger partial charge in [0.2, 0.25) is 0 Å². The van der Waals surface area contributed by atoms with Gasteiger partial charge in [0.25, 0.3) is 10.2 Å². The van der Waals surface area contributed by atoms with Gasteiger partial charge in [0.05, 0.1) is 0 Å². The first-order valence-electron chi connectivity index (χ1n) is 6.81. The van der Waals surface area contributed by atoms with Crippen LogP contribution in [-0.4, -0.2) is 49.6 Å². The molecule has 1 aliphatic carbocycles. The van der Waals surface area contributed by atoms with Crippen LogP contribution in [0.4, 0.5) is 0 Å². The standard InChI is InChI=1S/C12H23ClN2O2S/c1-14(10-12-3-2-4-12)18(16,17)15-7-5-11(9-13)6-8-15/h11-12H,2-10H2,1H3. The third-order valence-electron chi connectivity index (χ3n) is 4.25. The van der Waals surface area contributed by atoms with E-state index in [2.05, 4.69) is 0 Å². The predicted molar refractivity (Wildman–Crippen MR) is 73.9 cm³/mol. The lowest BCUT2D eigenvalue weighted by Gasteiger charge is -2.35. The van der Waals surface area contributed by atoms with Crippen molar-refractivity contribution in [1.29, 1.82) is 0 Å². The van der Waals surface area contributed by atoms with Gasteiger partial charge in [0.1, 0.15) is 0 Å². The molecule has 1 heterocycles. The van der Waals surface area contributed by atoms with Crippen molar-refractivity contribution in [2.45, 2.75) is 32.1 Å². The number of alkyl halides is 1. The number of hydrogen-bond donors (Lipinski definition) is 0. The van der Waals surface area contributed by atoms with E-state index in [1.807, 2.05) is 0 Å². The lowest BCUT2D eigenvalue weighted by atomic mass is 9.86. The van der Waals surface area contributed by atoms with Gasteiger partial charge in [-0.3, -0.25) is 0 Å². The molecule has 0 aromatic rings. The molecule has 1 saturated heterocycles. The maximum atomic E-state index is 12.4. The highest BCUT2D eigenvalue weighted by molar-refractivity contribution is 7.86. The minimum atomic E-state index is -3.24. The maximum absolute atomic E-state index is 12.4. The van der Waals surface area contributed by atoms with Crippen LogP contribution in [0.3, 0.4) is 0 Å². The Morgan fingerprint density at radius 2 is 1.78 bits per heavy atom. The summed E-state index contributed by atoms with van der Waals surface area (Å²) in [6, 6.07) is 0. The molecular formula is C12H23ClN2O2S. The monoisotopic (exact) mass is 294 g/mol. The Bertz CT molecular complexity index is 362. The number of nitrogens with zero attached hydrogens (tertiary/aromatic N) is 2. The molecule has 0 bridgehead atoms. The van der Waals surface area contributed by atoms with E-state index in [9.17, 15) is 8.42 Å². The number of hydrogen-bond acceptors (Lipinski definition) is 2. The summed E-state index contributed by atoms with van der Waals surface area (Å²) in [5.74, 6) is 1.70. The zero-order valence-corrected chi connectivity index (χ0v) is 12.6. The van der Waals surface area contributed by atoms with Crippen LogP contribution in [0.1, 0.15) is 32.1 Å². The Hall–Kier alpha value is 0.160. The lowest BCUT2D eigenvalue weighted by molar-refractivity contribution is 0.236. The van der Waals surface area contributed by atoms with E-state index in [1.165, 1.54) is 23.6 Å². The minimum absolute atomic E-state index is 0.482. The van der Waals surface area contributed by atoms with Gasteiger partial charge in [-0.2, -0.15) is 17.0 Å². The van der Waals surface area contributed by atoms with E-state index in [-0.39, 0.29) is 0 Å². The summed E-state index contributed by atoms with van der Waals surface area (Å²) in [7, 11) is -1.53. The van der Waals surface area contributed by atoms with Crippen molar-refractivity contribution in [2.75, 3.05) is 32.6 Å². The fraction of sp³-hybridized carbons (Fsp3) is 1.00. The van der Waals surface area contributed by atoms with Crippen LogP contribution >= 0.6 is 11.6 Å². The van der Waals surface area contributed by atoms with Gasteiger partial charge in [-0.25, -0.2) is 0 Å². The highest BCUT2D eigenvalue weighted by Crippen LogP contribution is 2.28. The van der Waals surface area contributed by atoms with Gasteiger partial charge >= 0.3 is 0 Å². The van der Waals surface area contributed by atoms with E-state index in [4.69, 9.17) is 11.6 Å². The first kappa shape index (κ1) is 14.6. The van der Waals surface area contributed by atoms with Crippen LogP contribution in [0.25, 0.3) is 0 Å². The maximum Gasteiger partial charge on any atom is 0.281 e. The van der Waals surface area contributed by atoms with Crippen LogP contribution in [0.5, 0.6) is 0 Å². The largest absolute Gasteiger partial charge is 0.281 e. The average molecular weight is 295 g/mol. The molecule has 1 saturated carbocycles. The molecule has 0 aromatic heterocycles. The molecular weight excluding hydrogens is 272 g/mol. The first-order valence-corrected chi connectivity index (χ1v) is 8.74. The van der Waals surface area contributed by atoms with Crippen LogP contribution in [0.15, 0.2) is 0 Å². The molecule has 0 unspecified atom stereocenters. The average Bonchev–Trinajstić information content (AvgIpc) is 2.33. The summed E-state index contributed by atoms with van der Waals surface area (Å²) in [5, 5.41) is 0. The van der Waals surface area contributed by atoms with Crippen molar-refractivity contribution in [1.82, 2.24) is 8.61 Å².